The van der Waals surface area contributed by atoms with Crippen LogP contribution in [-0.4, -0.2) is 19.3 Å². The molecule has 0 saturated carbocycles. The van der Waals surface area contributed by atoms with Gasteiger partial charge in [0.1, 0.15) is 5.75 Å². The van der Waals surface area contributed by atoms with Crippen molar-refractivity contribution in [2.75, 3.05) is 0 Å². The van der Waals surface area contributed by atoms with E-state index in [4.69, 9.17) is 21.6 Å². The Balaban J connectivity index is 1.80. The van der Waals surface area contributed by atoms with E-state index in [0.717, 1.165) is 21.6 Å². The zero-order valence-corrected chi connectivity index (χ0v) is 19.2. The summed E-state index contributed by atoms with van der Waals surface area (Å²) < 4.78 is 48.1. The second-order valence-corrected chi connectivity index (χ2v) is 8.02. The average molecular weight is 514 g/mol. The van der Waals surface area contributed by atoms with Gasteiger partial charge in [-0.05, 0) is 29.8 Å². The largest absolute Gasteiger partial charge is 0.449 e. The predicted molar refractivity (Wildman–Crippen MR) is 124 cm³/mol. The summed E-state index contributed by atoms with van der Waals surface area (Å²) in [5, 5.41) is 13.2. The minimum absolute atomic E-state index is 0.0260. The number of aryl methyl sites for hydroxylation is 1. The van der Waals surface area contributed by atoms with Crippen LogP contribution < -0.4 is 15.9 Å². The van der Waals surface area contributed by atoms with Crippen LogP contribution >= 0.6 is 11.6 Å². The Hall–Kier alpha value is -4.43. The average Bonchev–Trinajstić information content (AvgIpc) is 2.83. The van der Waals surface area contributed by atoms with Crippen LogP contribution in [0, 0.1) is 11.3 Å². The molecule has 12 heteroatoms. The molecule has 0 amide bonds. The topological polar surface area (TPSA) is 103 Å². The van der Waals surface area contributed by atoms with E-state index in [0.29, 0.717) is 11.1 Å². The van der Waals surface area contributed by atoms with Gasteiger partial charge in [-0.2, -0.15) is 23.5 Å². The maximum absolute atomic E-state index is 13.6. The molecule has 0 saturated heterocycles. The molecular formula is C24H15ClF3N5O3. The number of nitrogens with zero attached hydrogens (tertiary/aromatic N) is 5. The third-order valence-electron chi connectivity index (χ3n) is 5.02. The summed E-state index contributed by atoms with van der Waals surface area (Å²) in [6.45, 7) is -0.298. The lowest BCUT2D eigenvalue weighted by atomic mass is 10.1. The first kappa shape index (κ1) is 24.7. The molecule has 0 aliphatic heterocycles. The molecule has 2 aromatic heterocycles. The second-order valence-electron chi connectivity index (χ2n) is 7.59. The number of hydrogen-bond acceptors (Lipinski definition) is 6. The van der Waals surface area contributed by atoms with Gasteiger partial charge in [0, 0.05) is 12.1 Å². The summed E-state index contributed by atoms with van der Waals surface area (Å²) in [6.07, 6.45) is -4.27. The summed E-state index contributed by atoms with van der Waals surface area (Å²) in [5.74, 6) is -1.34. The molecule has 0 N–H and O–H groups in total. The molecule has 0 bridgehead atoms. The summed E-state index contributed by atoms with van der Waals surface area (Å²) in [4.78, 5) is 29.1. The van der Waals surface area contributed by atoms with Crippen LogP contribution in [0.3, 0.4) is 0 Å². The fraction of sp³-hybridized carbons (Fsp3) is 0.125. The number of halogens is 4. The van der Waals surface area contributed by atoms with Crippen molar-refractivity contribution in [3.8, 4) is 28.7 Å². The van der Waals surface area contributed by atoms with Crippen LogP contribution in [-0.2, 0) is 19.8 Å². The molecule has 0 fully saturated rings. The number of benzene rings is 2. The summed E-state index contributed by atoms with van der Waals surface area (Å²) in [6, 6.07) is 15.6. The molecule has 182 valence electrons. The molecule has 0 aliphatic carbocycles. The smallest absolute Gasteiger partial charge is 0.437 e. The summed E-state index contributed by atoms with van der Waals surface area (Å²) in [5.41, 5.74) is -1.92. The van der Waals surface area contributed by atoms with E-state index in [2.05, 4.69) is 10.1 Å². The Morgan fingerprint density at radius 3 is 2.47 bits per heavy atom. The Labute approximate surface area is 206 Å². The van der Waals surface area contributed by atoms with Crippen LogP contribution in [0.5, 0.6) is 11.5 Å². The van der Waals surface area contributed by atoms with E-state index in [-0.39, 0.29) is 34.1 Å². The Kier molecular flexibility index (Phi) is 6.63. The third kappa shape index (κ3) is 5.13. The minimum Gasteiger partial charge on any atom is -0.449 e. The Bertz CT molecular complexity index is 1610. The van der Waals surface area contributed by atoms with Gasteiger partial charge in [0.25, 0.3) is 11.1 Å². The molecule has 0 aliphatic rings. The number of nitriles is 1. The molecule has 36 heavy (non-hydrogen) atoms. The van der Waals surface area contributed by atoms with Gasteiger partial charge in [-0.15, -0.1) is 0 Å². The maximum Gasteiger partial charge on any atom is 0.437 e. The summed E-state index contributed by atoms with van der Waals surface area (Å²) >= 11 is 5.91. The lowest BCUT2D eigenvalue weighted by molar-refractivity contribution is -0.142. The van der Waals surface area contributed by atoms with Crippen molar-refractivity contribution >= 4 is 11.6 Å². The molecule has 0 radical (unpaired) electrons. The van der Waals surface area contributed by atoms with Crippen molar-refractivity contribution in [3.63, 3.8) is 0 Å². The highest BCUT2D eigenvalue weighted by atomic mass is 35.5. The fourth-order valence-corrected chi connectivity index (χ4v) is 3.65. The maximum atomic E-state index is 13.6. The second kappa shape index (κ2) is 9.67. The molecule has 2 aromatic carbocycles. The molecule has 0 unspecified atom stereocenters. The lowest BCUT2D eigenvalue weighted by Crippen LogP contribution is -2.28. The molecule has 8 nitrogen and oxygen atoms in total. The highest BCUT2D eigenvalue weighted by Gasteiger charge is 2.38. The van der Waals surface area contributed by atoms with Crippen molar-refractivity contribution in [2.24, 2.45) is 7.05 Å². The van der Waals surface area contributed by atoms with Gasteiger partial charge in [0.2, 0.25) is 5.75 Å². The number of alkyl halides is 3. The van der Waals surface area contributed by atoms with E-state index in [1.807, 2.05) is 0 Å². The van der Waals surface area contributed by atoms with Crippen molar-refractivity contribution in [3.05, 3.63) is 104 Å². The van der Waals surface area contributed by atoms with E-state index in [9.17, 15) is 22.8 Å². The predicted octanol–water partition coefficient (Wildman–Crippen LogP) is 4.39. The van der Waals surface area contributed by atoms with E-state index >= 15 is 0 Å². The van der Waals surface area contributed by atoms with E-state index in [1.54, 1.807) is 36.4 Å². The van der Waals surface area contributed by atoms with Gasteiger partial charge in [0.15, 0.2) is 5.69 Å². The number of rotatable bonds is 5. The van der Waals surface area contributed by atoms with Crippen LogP contribution in [0.15, 0.2) is 70.5 Å². The molecule has 2 heterocycles. The monoisotopic (exact) mass is 513 g/mol. The van der Waals surface area contributed by atoms with Crippen molar-refractivity contribution in [2.45, 2.75) is 12.7 Å². The first-order valence-corrected chi connectivity index (χ1v) is 10.6. The van der Waals surface area contributed by atoms with E-state index < -0.39 is 23.2 Å². The molecule has 0 atom stereocenters. The summed E-state index contributed by atoms with van der Waals surface area (Å²) in [7, 11) is 1.42. The molecule has 0 spiro atoms. The number of aromatic nitrogens is 4. The van der Waals surface area contributed by atoms with Crippen molar-refractivity contribution < 1.29 is 17.9 Å². The van der Waals surface area contributed by atoms with E-state index in [1.165, 1.54) is 25.2 Å². The van der Waals surface area contributed by atoms with Gasteiger partial charge in [-0.25, -0.2) is 9.67 Å². The molecule has 4 rings (SSSR count). The first-order chi connectivity index (χ1) is 17.1. The zero-order valence-electron chi connectivity index (χ0n) is 18.5. The number of hydrogen-bond donors (Lipinski definition) is 0. The number of ether oxygens (including phenoxy) is 1. The normalized spacial score (nSPS) is 11.2. The lowest BCUT2D eigenvalue weighted by Gasteiger charge is -2.15. The van der Waals surface area contributed by atoms with Crippen LogP contribution in [0.2, 0.25) is 5.02 Å². The Morgan fingerprint density at radius 1 is 1.08 bits per heavy atom. The van der Waals surface area contributed by atoms with Gasteiger partial charge in [0.05, 0.1) is 35.8 Å². The van der Waals surface area contributed by atoms with Crippen molar-refractivity contribution in [1.29, 1.82) is 5.26 Å². The molecule has 4 aromatic rings. The molecular weight excluding hydrogens is 499 g/mol. The standard InChI is InChI=1S/C24H15ClF3N5O3/c1-32-22(34)19(15-5-3-2-4-6-15)10-17(31-32)12-33-13-30-21(24(26,27)28)20(23(33)35)36-18-8-14(11-29)7-16(25)9-18/h2-10,13H,12H2,1H3. The third-order valence-corrected chi connectivity index (χ3v) is 5.23. The van der Waals surface area contributed by atoms with Crippen molar-refractivity contribution in [1.82, 2.24) is 19.3 Å². The Morgan fingerprint density at radius 2 is 1.81 bits per heavy atom. The van der Waals surface area contributed by atoms with Gasteiger partial charge in [-0.1, -0.05) is 41.9 Å². The van der Waals surface area contributed by atoms with Crippen LogP contribution in [0.25, 0.3) is 11.1 Å². The van der Waals surface area contributed by atoms with Gasteiger partial charge >= 0.3 is 6.18 Å². The highest BCUT2D eigenvalue weighted by Crippen LogP contribution is 2.35. The first-order valence-electron chi connectivity index (χ1n) is 10.2. The quantitative estimate of drug-likeness (QED) is 0.392. The zero-order chi connectivity index (χ0) is 26.0. The minimum atomic E-state index is -5.00. The van der Waals surface area contributed by atoms with Gasteiger partial charge < -0.3 is 4.74 Å². The van der Waals surface area contributed by atoms with Gasteiger partial charge in [-0.3, -0.25) is 14.2 Å². The fourth-order valence-electron chi connectivity index (χ4n) is 3.43. The van der Waals surface area contributed by atoms with Crippen LogP contribution in [0.4, 0.5) is 13.2 Å². The SMILES string of the molecule is Cn1nc(Cn2cnc(C(F)(F)F)c(Oc3cc(Cl)cc(C#N)c3)c2=O)cc(-c2ccccc2)c1=O. The highest BCUT2D eigenvalue weighted by molar-refractivity contribution is 6.30. The van der Waals surface area contributed by atoms with Crippen LogP contribution in [0.1, 0.15) is 17.0 Å².